The van der Waals surface area contributed by atoms with E-state index in [9.17, 15) is 9.18 Å². The summed E-state index contributed by atoms with van der Waals surface area (Å²) in [5.41, 5.74) is 11.0. The minimum absolute atomic E-state index is 0.0886. The van der Waals surface area contributed by atoms with Crippen molar-refractivity contribution in [3.05, 3.63) is 22.4 Å². The van der Waals surface area contributed by atoms with E-state index < -0.39 is 11.7 Å². The number of carbonyl (C=O) groups excluding carboxylic acids is 1. The zero-order valence-electron chi connectivity index (χ0n) is 7.09. The molecule has 14 heavy (non-hydrogen) atoms. The van der Waals surface area contributed by atoms with Gasteiger partial charge in [-0.2, -0.15) is 0 Å². The van der Waals surface area contributed by atoms with Crippen LogP contribution < -0.4 is 11.5 Å². The fraction of sp³-hybridized carbons (Fsp3) is 0.125. The third kappa shape index (κ3) is 2.88. The number of hydrogen-bond donors (Lipinski definition) is 2. The standard InChI is InChI=1S/C8H8BrFN2OS/c9-4-1-6(11)7(2-5(4)10)14-3-8(12)13/h1-2H,3,11H2,(H2,12,13). The monoisotopic (exact) mass is 278 g/mol. The predicted molar refractivity (Wildman–Crippen MR) is 58.4 cm³/mol. The van der Waals surface area contributed by atoms with E-state index in [-0.39, 0.29) is 5.75 Å². The van der Waals surface area contributed by atoms with E-state index in [0.29, 0.717) is 15.1 Å². The van der Waals surface area contributed by atoms with Crippen LogP contribution in [0.4, 0.5) is 10.1 Å². The van der Waals surface area contributed by atoms with Gasteiger partial charge in [0.2, 0.25) is 5.91 Å². The number of anilines is 1. The molecule has 0 unspecified atom stereocenters. The second-order valence-corrected chi connectivity index (χ2v) is 4.43. The number of thioether (sulfide) groups is 1. The van der Waals surface area contributed by atoms with E-state index in [2.05, 4.69) is 15.9 Å². The Balaban J connectivity index is 2.87. The Morgan fingerprint density at radius 2 is 2.21 bits per heavy atom. The van der Waals surface area contributed by atoms with E-state index in [0.717, 1.165) is 11.8 Å². The zero-order chi connectivity index (χ0) is 10.7. The maximum absolute atomic E-state index is 13.1. The van der Waals surface area contributed by atoms with Crippen molar-refractivity contribution in [3.8, 4) is 0 Å². The maximum atomic E-state index is 13.1. The quantitative estimate of drug-likeness (QED) is 0.654. The highest BCUT2D eigenvalue weighted by Gasteiger charge is 2.07. The fourth-order valence-corrected chi connectivity index (χ4v) is 1.89. The molecule has 0 aliphatic heterocycles. The van der Waals surface area contributed by atoms with Gasteiger partial charge in [0.1, 0.15) is 5.82 Å². The zero-order valence-corrected chi connectivity index (χ0v) is 9.49. The molecular weight excluding hydrogens is 271 g/mol. The molecule has 1 aromatic rings. The van der Waals surface area contributed by atoms with E-state index in [4.69, 9.17) is 11.5 Å². The van der Waals surface area contributed by atoms with Crippen LogP contribution in [0.25, 0.3) is 0 Å². The van der Waals surface area contributed by atoms with Crippen LogP contribution in [0, 0.1) is 5.82 Å². The number of hydrogen-bond acceptors (Lipinski definition) is 3. The van der Waals surface area contributed by atoms with E-state index in [1.165, 1.54) is 12.1 Å². The summed E-state index contributed by atoms with van der Waals surface area (Å²) >= 11 is 4.12. The van der Waals surface area contributed by atoms with Gasteiger partial charge >= 0.3 is 0 Å². The molecule has 0 saturated carbocycles. The third-order valence-corrected chi connectivity index (χ3v) is 3.12. The summed E-state index contributed by atoms with van der Waals surface area (Å²) < 4.78 is 13.4. The summed E-state index contributed by atoms with van der Waals surface area (Å²) in [4.78, 5) is 11.0. The van der Waals surface area contributed by atoms with Crippen LogP contribution in [0.15, 0.2) is 21.5 Å². The Labute approximate surface area is 93.2 Å². The number of primary amides is 1. The lowest BCUT2D eigenvalue weighted by molar-refractivity contribution is -0.115. The van der Waals surface area contributed by atoms with Gasteiger partial charge in [-0.05, 0) is 28.1 Å². The van der Waals surface area contributed by atoms with Crippen molar-refractivity contribution in [1.82, 2.24) is 0 Å². The summed E-state index contributed by atoms with van der Waals surface area (Å²) in [7, 11) is 0. The highest BCUT2D eigenvalue weighted by molar-refractivity contribution is 9.10. The van der Waals surface area contributed by atoms with Crippen molar-refractivity contribution >= 4 is 39.3 Å². The Bertz CT molecular complexity index is 373. The Hall–Kier alpha value is -0.750. The summed E-state index contributed by atoms with van der Waals surface area (Å²) in [5, 5.41) is 0. The second kappa shape index (κ2) is 4.65. The predicted octanol–water partition coefficient (Wildman–Crippen LogP) is 1.75. The lowest BCUT2D eigenvalue weighted by Gasteiger charge is -2.05. The molecule has 0 saturated heterocycles. The van der Waals surface area contributed by atoms with Gasteiger partial charge in [-0.1, -0.05) is 0 Å². The first-order chi connectivity index (χ1) is 6.50. The molecule has 4 N–H and O–H groups in total. The SMILES string of the molecule is NC(=O)CSc1cc(F)c(Br)cc1N. The minimum Gasteiger partial charge on any atom is -0.398 e. The van der Waals surface area contributed by atoms with Gasteiger partial charge in [0.05, 0.1) is 10.2 Å². The molecule has 0 radical (unpaired) electrons. The van der Waals surface area contributed by atoms with Crippen molar-refractivity contribution in [2.45, 2.75) is 4.90 Å². The molecule has 3 nitrogen and oxygen atoms in total. The molecule has 6 heteroatoms. The largest absolute Gasteiger partial charge is 0.398 e. The van der Waals surface area contributed by atoms with Crippen LogP contribution in [0.1, 0.15) is 0 Å². The van der Waals surface area contributed by atoms with Gasteiger partial charge in [0.25, 0.3) is 0 Å². The number of rotatable bonds is 3. The Morgan fingerprint density at radius 3 is 2.79 bits per heavy atom. The lowest BCUT2D eigenvalue weighted by atomic mass is 10.3. The van der Waals surface area contributed by atoms with E-state index in [1.54, 1.807) is 0 Å². The molecule has 0 spiro atoms. The van der Waals surface area contributed by atoms with Gasteiger partial charge in [0, 0.05) is 10.6 Å². The molecule has 1 rings (SSSR count). The summed E-state index contributed by atoms with van der Waals surface area (Å²) in [6.07, 6.45) is 0. The highest BCUT2D eigenvalue weighted by Crippen LogP contribution is 2.29. The molecule has 0 bridgehead atoms. The van der Waals surface area contributed by atoms with Crippen molar-refractivity contribution in [2.24, 2.45) is 5.73 Å². The Kier molecular flexibility index (Phi) is 3.77. The third-order valence-electron chi connectivity index (χ3n) is 1.42. The molecule has 0 aliphatic rings. The van der Waals surface area contributed by atoms with Crippen molar-refractivity contribution in [1.29, 1.82) is 0 Å². The number of nitrogen functional groups attached to an aromatic ring is 1. The molecular formula is C8H8BrFN2OS. The molecule has 0 atom stereocenters. The molecule has 1 amide bonds. The van der Waals surface area contributed by atoms with Gasteiger partial charge in [-0.3, -0.25) is 4.79 Å². The summed E-state index contributed by atoms with van der Waals surface area (Å²) in [5.74, 6) is -0.783. The van der Waals surface area contributed by atoms with Crippen molar-refractivity contribution in [2.75, 3.05) is 11.5 Å². The number of halogens is 2. The van der Waals surface area contributed by atoms with E-state index in [1.807, 2.05) is 0 Å². The average Bonchev–Trinajstić information content (AvgIpc) is 2.09. The normalized spacial score (nSPS) is 10.1. The van der Waals surface area contributed by atoms with Gasteiger partial charge in [0.15, 0.2) is 0 Å². The Morgan fingerprint density at radius 1 is 1.57 bits per heavy atom. The van der Waals surface area contributed by atoms with Crippen LogP contribution in [0.3, 0.4) is 0 Å². The average molecular weight is 279 g/mol. The maximum Gasteiger partial charge on any atom is 0.227 e. The van der Waals surface area contributed by atoms with Gasteiger partial charge in [-0.15, -0.1) is 11.8 Å². The second-order valence-electron chi connectivity index (χ2n) is 2.56. The first-order valence-corrected chi connectivity index (χ1v) is 5.44. The molecule has 0 heterocycles. The highest BCUT2D eigenvalue weighted by atomic mass is 79.9. The summed E-state index contributed by atoms with van der Waals surface area (Å²) in [6, 6.07) is 2.73. The topological polar surface area (TPSA) is 69.1 Å². The first kappa shape index (κ1) is 11.3. The fourth-order valence-electron chi connectivity index (χ4n) is 0.818. The smallest absolute Gasteiger partial charge is 0.227 e. The minimum atomic E-state index is -0.460. The molecule has 0 fully saturated rings. The number of nitrogens with two attached hydrogens (primary N) is 2. The van der Waals surface area contributed by atoms with Crippen molar-refractivity contribution in [3.63, 3.8) is 0 Å². The first-order valence-electron chi connectivity index (χ1n) is 3.66. The summed E-state index contributed by atoms with van der Waals surface area (Å²) in [6.45, 7) is 0. The van der Waals surface area contributed by atoms with Crippen LogP contribution in [0.2, 0.25) is 0 Å². The molecule has 0 aromatic heterocycles. The van der Waals surface area contributed by atoms with Gasteiger partial charge in [-0.25, -0.2) is 4.39 Å². The lowest BCUT2D eigenvalue weighted by Crippen LogP contribution is -2.13. The van der Waals surface area contributed by atoms with Gasteiger partial charge < -0.3 is 11.5 Å². The van der Waals surface area contributed by atoms with Crippen LogP contribution in [-0.2, 0) is 4.79 Å². The van der Waals surface area contributed by atoms with Crippen LogP contribution in [0.5, 0.6) is 0 Å². The van der Waals surface area contributed by atoms with Crippen molar-refractivity contribution < 1.29 is 9.18 Å². The molecule has 76 valence electrons. The molecule has 1 aromatic carbocycles. The number of amides is 1. The van der Waals surface area contributed by atoms with Crippen LogP contribution in [-0.4, -0.2) is 11.7 Å². The number of benzene rings is 1. The molecule has 0 aliphatic carbocycles. The number of carbonyl (C=O) groups is 1. The van der Waals surface area contributed by atoms with E-state index >= 15 is 0 Å². The van der Waals surface area contributed by atoms with Crippen LogP contribution >= 0.6 is 27.7 Å².